The van der Waals surface area contributed by atoms with Gasteiger partial charge >= 0.3 is 0 Å². The van der Waals surface area contributed by atoms with Crippen molar-refractivity contribution in [1.82, 2.24) is 15.2 Å². The van der Waals surface area contributed by atoms with Crippen molar-refractivity contribution < 1.29 is 4.79 Å². The zero-order valence-electron chi connectivity index (χ0n) is 12.1. The molecule has 0 saturated heterocycles. The summed E-state index contributed by atoms with van der Waals surface area (Å²) in [5.41, 5.74) is 2.82. The fraction of sp³-hybridized carbons (Fsp3) is 0.250. The third-order valence-corrected chi connectivity index (χ3v) is 3.26. The summed E-state index contributed by atoms with van der Waals surface area (Å²) in [5, 5.41) is 3.29. The SMILES string of the molecule is CN(C)Cc1ccccc1CNC(=O)c1ccc(Cl)nc1. The Hall–Kier alpha value is -1.91. The summed E-state index contributed by atoms with van der Waals surface area (Å²) in [7, 11) is 4.05. The van der Waals surface area contributed by atoms with E-state index in [2.05, 4.69) is 21.3 Å². The Balaban J connectivity index is 2.02. The fourth-order valence-electron chi connectivity index (χ4n) is 2.01. The molecule has 0 aliphatic rings. The molecule has 110 valence electrons. The molecule has 0 fully saturated rings. The lowest BCUT2D eigenvalue weighted by molar-refractivity contribution is 0.0950. The lowest BCUT2D eigenvalue weighted by atomic mass is 10.1. The van der Waals surface area contributed by atoms with Gasteiger partial charge in [0.05, 0.1) is 5.56 Å². The molecule has 0 radical (unpaired) electrons. The molecule has 1 amide bonds. The van der Waals surface area contributed by atoms with Gasteiger partial charge in [0, 0.05) is 19.3 Å². The van der Waals surface area contributed by atoms with E-state index in [-0.39, 0.29) is 5.91 Å². The highest BCUT2D eigenvalue weighted by atomic mass is 35.5. The van der Waals surface area contributed by atoms with Crippen LogP contribution in [0.3, 0.4) is 0 Å². The Labute approximate surface area is 129 Å². The highest BCUT2D eigenvalue weighted by molar-refractivity contribution is 6.29. The second-order valence-corrected chi connectivity index (χ2v) is 5.45. The van der Waals surface area contributed by atoms with Crippen molar-refractivity contribution in [3.05, 3.63) is 64.4 Å². The van der Waals surface area contributed by atoms with E-state index in [4.69, 9.17) is 11.6 Å². The number of halogens is 1. The molecule has 21 heavy (non-hydrogen) atoms. The molecule has 2 rings (SSSR count). The number of hydrogen-bond donors (Lipinski definition) is 1. The van der Waals surface area contributed by atoms with Gasteiger partial charge in [-0.1, -0.05) is 35.9 Å². The van der Waals surface area contributed by atoms with Crippen molar-refractivity contribution in [2.24, 2.45) is 0 Å². The molecule has 1 heterocycles. The predicted molar refractivity (Wildman–Crippen MR) is 84.3 cm³/mol. The maximum atomic E-state index is 12.1. The van der Waals surface area contributed by atoms with Crippen molar-refractivity contribution in [3.63, 3.8) is 0 Å². The molecular weight excluding hydrogens is 286 g/mol. The van der Waals surface area contributed by atoms with Crippen LogP contribution in [0.1, 0.15) is 21.5 Å². The summed E-state index contributed by atoms with van der Waals surface area (Å²) >= 11 is 5.71. The summed E-state index contributed by atoms with van der Waals surface area (Å²) in [5.74, 6) is -0.154. The summed E-state index contributed by atoms with van der Waals surface area (Å²) in [4.78, 5) is 18.1. The molecule has 1 aromatic carbocycles. The molecule has 0 aliphatic carbocycles. The van der Waals surface area contributed by atoms with Crippen LogP contribution in [0, 0.1) is 0 Å². The van der Waals surface area contributed by atoms with Gasteiger partial charge in [-0.15, -0.1) is 0 Å². The van der Waals surface area contributed by atoms with Crippen LogP contribution in [0.25, 0.3) is 0 Å². The number of carbonyl (C=O) groups excluding carboxylic acids is 1. The Kier molecular flexibility index (Phi) is 5.31. The van der Waals surface area contributed by atoms with Crippen LogP contribution in [-0.2, 0) is 13.1 Å². The number of hydrogen-bond acceptors (Lipinski definition) is 3. The van der Waals surface area contributed by atoms with E-state index in [9.17, 15) is 4.79 Å². The van der Waals surface area contributed by atoms with E-state index in [1.807, 2.05) is 32.3 Å². The topological polar surface area (TPSA) is 45.2 Å². The number of pyridine rings is 1. The third-order valence-electron chi connectivity index (χ3n) is 3.03. The Morgan fingerprint density at radius 2 is 1.90 bits per heavy atom. The summed E-state index contributed by atoms with van der Waals surface area (Å²) in [6.07, 6.45) is 1.48. The van der Waals surface area contributed by atoms with Crippen LogP contribution in [0.15, 0.2) is 42.6 Å². The molecule has 0 unspecified atom stereocenters. The van der Waals surface area contributed by atoms with Crippen molar-refractivity contribution >= 4 is 17.5 Å². The molecule has 5 heteroatoms. The quantitative estimate of drug-likeness (QED) is 0.864. The van der Waals surface area contributed by atoms with E-state index in [1.54, 1.807) is 12.1 Å². The first kappa shape index (κ1) is 15.5. The maximum Gasteiger partial charge on any atom is 0.253 e. The maximum absolute atomic E-state index is 12.1. The monoisotopic (exact) mass is 303 g/mol. The van der Waals surface area contributed by atoms with Crippen LogP contribution in [0.2, 0.25) is 5.15 Å². The Morgan fingerprint density at radius 3 is 2.52 bits per heavy atom. The summed E-state index contributed by atoms with van der Waals surface area (Å²) in [6.45, 7) is 1.33. The first-order chi connectivity index (χ1) is 10.1. The number of benzene rings is 1. The van der Waals surface area contributed by atoms with Crippen LogP contribution >= 0.6 is 11.6 Å². The molecule has 0 spiro atoms. The lowest BCUT2D eigenvalue weighted by Crippen LogP contribution is -2.24. The number of nitrogens with zero attached hydrogens (tertiary/aromatic N) is 2. The van der Waals surface area contributed by atoms with Crippen molar-refractivity contribution in [3.8, 4) is 0 Å². The molecule has 4 nitrogen and oxygen atoms in total. The zero-order chi connectivity index (χ0) is 15.2. The Bertz CT molecular complexity index is 611. The van der Waals surface area contributed by atoms with Crippen LogP contribution in [-0.4, -0.2) is 29.9 Å². The minimum Gasteiger partial charge on any atom is -0.348 e. The van der Waals surface area contributed by atoms with Gasteiger partial charge in [-0.25, -0.2) is 4.98 Å². The van der Waals surface area contributed by atoms with E-state index >= 15 is 0 Å². The lowest BCUT2D eigenvalue weighted by Gasteiger charge is -2.14. The van der Waals surface area contributed by atoms with E-state index in [1.165, 1.54) is 11.8 Å². The number of nitrogens with one attached hydrogen (secondary N) is 1. The molecule has 0 bridgehead atoms. The molecule has 1 aromatic heterocycles. The van der Waals surface area contributed by atoms with Crippen molar-refractivity contribution in [2.45, 2.75) is 13.1 Å². The molecule has 2 aromatic rings. The number of amides is 1. The smallest absolute Gasteiger partial charge is 0.253 e. The molecular formula is C16H18ClN3O. The molecule has 0 atom stereocenters. The van der Waals surface area contributed by atoms with Gasteiger partial charge < -0.3 is 10.2 Å². The van der Waals surface area contributed by atoms with Gasteiger partial charge in [0.25, 0.3) is 5.91 Å². The number of rotatable bonds is 5. The predicted octanol–water partition coefficient (Wildman–Crippen LogP) is 2.73. The molecule has 1 N–H and O–H groups in total. The van der Waals surface area contributed by atoms with Gasteiger partial charge in [-0.05, 0) is 37.4 Å². The van der Waals surface area contributed by atoms with E-state index in [0.29, 0.717) is 17.3 Å². The second kappa shape index (κ2) is 7.20. The average molecular weight is 304 g/mol. The second-order valence-electron chi connectivity index (χ2n) is 5.06. The van der Waals surface area contributed by atoms with Gasteiger partial charge in [-0.2, -0.15) is 0 Å². The number of carbonyl (C=O) groups is 1. The average Bonchev–Trinajstić information content (AvgIpc) is 2.46. The van der Waals surface area contributed by atoms with Crippen molar-refractivity contribution in [2.75, 3.05) is 14.1 Å². The first-order valence-corrected chi connectivity index (χ1v) is 7.05. The molecule has 0 saturated carbocycles. The third kappa shape index (κ3) is 4.55. The minimum absolute atomic E-state index is 0.154. The highest BCUT2D eigenvalue weighted by Crippen LogP contribution is 2.11. The van der Waals surface area contributed by atoms with Gasteiger partial charge in [0.1, 0.15) is 5.15 Å². The van der Waals surface area contributed by atoms with Crippen LogP contribution in [0.5, 0.6) is 0 Å². The van der Waals surface area contributed by atoms with Gasteiger partial charge in [0.2, 0.25) is 0 Å². The Morgan fingerprint density at radius 1 is 1.19 bits per heavy atom. The number of aromatic nitrogens is 1. The highest BCUT2D eigenvalue weighted by Gasteiger charge is 2.08. The summed E-state index contributed by atoms with van der Waals surface area (Å²) < 4.78 is 0. The minimum atomic E-state index is -0.154. The normalized spacial score (nSPS) is 10.7. The largest absolute Gasteiger partial charge is 0.348 e. The first-order valence-electron chi connectivity index (χ1n) is 6.67. The van der Waals surface area contributed by atoms with Crippen LogP contribution < -0.4 is 5.32 Å². The van der Waals surface area contributed by atoms with Crippen LogP contribution in [0.4, 0.5) is 0 Å². The fourth-order valence-corrected chi connectivity index (χ4v) is 2.12. The molecule has 0 aliphatic heterocycles. The summed E-state index contributed by atoms with van der Waals surface area (Å²) in [6, 6.07) is 11.4. The van der Waals surface area contributed by atoms with Gasteiger partial charge in [-0.3, -0.25) is 4.79 Å². The van der Waals surface area contributed by atoms with E-state index < -0.39 is 0 Å². The standard InChI is InChI=1S/C16H18ClN3O/c1-20(2)11-14-6-4-3-5-12(14)9-19-16(21)13-7-8-15(17)18-10-13/h3-8,10H,9,11H2,1-2H3,(H,19,21). The van der Waals surface area contributed by atoms with E-state index in [0.717, 1.165) is 12.1 Å². The van der Waals surface area contributed by atoms with Gasteiger partial charge in [0.15, 0.2) is 0 Å². The zero-order valence-corrected chi connectivity index (χ0v) is 12.9. The van der Waals surface area contributed by atoms with Crippen molar-refractivity contribution in [1.29, 1.82) is 0 Å².